The maximum atomic E-state index is 5.79. The van der Waals surface area contributed by atoms with Gasteiger partial charge < -0.3 is 15.4 Å². The Hall–Kier alpha value is -0.120. The van der Waals surface area contributed by atoms with Crippen molar-refractivity contribution < 1.29 is 4.74 Å². The monoisotopic (exact) mass is 228 g/mol. The molecular formula is C13H28N2O. The van der Waals surface area contributed by atoms with Crippen LogP contribution in [0.4, 0.5) is 0 Å². The van der Waals surface area contributed by atoms with Crippen LogP contribution < -0.4 is 5.73 Å². The Morgan fingerprint density at radius 1 is 1.31 bits per heavy atom. The molecule has 16 heavy (non-hydrogen) atoms. The van der Waals surface area contributed by atoms with Crippen molar-refractivity contribution >= 4 is 0 Å². The Labute approximate surface area is 100 Å². The number of hydrogen-bond acceptors (Lipinski definition) is 3. The normalized spacial score (nSPS) is 19.5. The molecule has 0 amide bonds. The largest absolute Gasteiger partial charge is 0.378 e. The zero-order valence-corrected chi connectivity index (χ0v) is 11.0. The lowest BCUT2D eigenvalue weighted by atomic mass is 10.1. The van der Waals surface area contributed by atoms with Crippen LogP contribution in [0.3, 0.4) is 0 Å². The van der Waals surface area contributed by atoms with Gasteiger partial charge in [0.25, 0.3) is 0 Å². The Bertz CT molecular complexity index is 165. The lowest BCUT2D eigenvalue weighted by Crippen LogP contribution is -2.38. The standard InChI is InChI=1S/C13H28N2O/c1-12(2)4-8-15-9-5-13(6-10-15)16-11-3-7-14/h12-13H,3-11,14H2,1-2H3. The van der Waals surface area contributed by atoms with Gasteiger partial charge in [0.15, 0.2) is 0 Å². The van der Waals surface area contributed by atoms with E-state index < -0.39 is 0 Å². The van der Waals surface area contributed by atoms with Crippen LogP contribution in [0.15, 0.2) is 0 Å². The van der Waals surface area contributed by atoms with Crippen molar-refractivity contribution in [2.45, 2.75) is 45.6 Å². The molecule has 0 aromatic heterocycles. The molecule has 0 aromatic carbocycles. The molecule has 3 heteroatoms. The van der Waals surface area contributed by atoms with Crippen molar-refractivity contribution in [3.05, 3.63) is 0 Å². The van der Waals surface area contributed by atoms with E-state index in [0.717, 1.165) is 25.5 Å². The van der Waals surface area contributed by atoms with Gasteiger partial charge in [-0.1, -0.05) is 13.8 Å². The van der Waals surface area contributed by atoms with Crippen molar-refractivity contribution in [1.29, 1.82) is 0 Å². The highest BCUT2D eigenvalue weighted by Crippen LogP contribution is 2.15. The van der Waals surface area contributed by atoms with Gasteiger partial charge in [-0.3, -0.25) is 0 Å². The zero-order valence-electron chi connectivity index (χ0n) is 11.0. The van der Waals surface area contributed by atoms with Gasteiger partial charge in [-0.2, -0.15) is 0 Å². The molecule has 2 N–H and O–H groups in total. The minimum atomic E-state index is 0.488. The molecule has 1 rings (SSSR count). The van der Waals surface area contributed by atoms with Gasteiger partial charge in [-0.15, -0.1) is 0 Å². The fourth-order valence-corrected chi connectivity index (χ4v) is 2.07. The summed E-state index contributed by atoms with van der Waals surface area (Å²) in [6.07, 6.45) is 5.19. The first kappa shape index (κ1) is 13.9. The van der Waals surface area contributed by atoms with Crippen LogP contribution in [0.25, 0.3) is 0 Å². The van der Waals surface area contributed by atoms with E-state index in [1.165, 1.54) is 38.9 Å². The molecular weight excluding hydrogens is 200 g/mol. The Balaban J connectivity index is 2.04. The van der Waals surface area contributed by atoms with Gasteiger partial charge in [-0.25, -0.2) is 0 Å². The molecule has 0 radical (unpaired) electrons. The summed E-state index contributed by atoms with van der Waals surface area (Å²) in [5.41, 5.74) is 5.45. The van der Waals surface area contributed by atoms with Crippen molar-refractivity contribution in [2.24, 2.45) is 11.7 Å². The number of ether oxygens (including phenoxy) is 1. The number of piperidine rings is 1. The minimum Gasteiger partial charge on any atom is -0.378 e. The number of nitrogens with zero attached hydrogens (tertiary/aromatic N) is 1. The first-order valence-corrected chi connectivity index (χ1v) is 6.76. The molecule has 0 spiro atoms. The Morgan fingerprint density at radius 3 is 2.56 bits per heavy atom. The molecule has 96 valence electrons. The maximum Gasteiger partial charge on any atom is 0.0599 e. The topological polar surface area (TPSA) is 38.5 Å². The van der Waals surface area contributed by atoms with Crippen LogP contribution in [0.1, 0.15) is 39.5 Å². The molecule has 1 aliphatic heterocycles. The molecule has 0 unspecified atom stereocenters. The van der Waals surface area contributed by atoms with Crippen LogP contribution in [-0.2, 0) is 4.74 Å². The molecule has 0 atom stereocenters. The zero-order chi connectivity index (χ0) is 11.8. The quantitative estimate of drug-likeness (QED) is 0.676. The minimum absolute atomic E-state index is 0.488. The second-order valence-corrected chi connectivity index (χ2v) is 5.24. The number of hydrogen-bond donors (Lipinski definition) is 1. The summed E-state index contributed by atoms with van der Waals surface area (Å²) in [5, 5.41) is 0. The van der Waals surface area contributed by atoms with Crippen molar-refractivity contribution in [3.63, 3.8) is 0 Å². The van der Waals surface area contributed by atoms with E-state index in [1.807, 2.05) is 0 Å². The highest BCUT2D eigenvalue weighted by molar-refractivity contribution is 4.72. The molecule has 0 aliphatic carbocycles. The van der Waals surface area contributed by atoms with Gasteiger partial charge in [0.1, 0.15) is 0 Å². The van der Waals surface area contributed by atoms with Crippen molar-refractivity contribution in [2.75, 3.05) is 32.8 Å². The molecule has 0 saturated carbocycles. The van der Waals surface area contributed by atoms with Gasteiger partial charge in [0.2, 0.25) is 0 Å². The lowest BCUT2D eigenvalue weighted by Gasteiger charge is -2.32. The van der Waals surface area contributed by atoms with E-state index >= 15 is 0 Å². The summed E-state index contributed by atoms with van der Waals surface area (Å²) >= 11 is 0. The fraction of sp³-hybridized carbons (Fsp3) is 1.00. The summed E-state index contributed by atoms with van der Waals surface area (Å²) in [6.45, 7) is 9.85. The first-order chi connectivity index (χ1) is 7.72. The van der Waals surface area contributed by atoms with E-state index in [9.17, 15) is 0 Å². The van der Waals surface area contributed by atoms with Gasteiger partial charge in [0.05, 0.1) is 6.10 Å². The smallest absolute Gasteiger partial charge is 0.0599 e. The summed E-state index contributed by atoms with van der Waals surface area (Å²) in [6, 6.07) is 0. The average Bonchev–Trinajstić information content (AvgIpc) is 2.28. The predicted octanol–water partition coefficient (Wildman–Crippen LogP) is 1.86. The SMILES string of the molecule is CC(C)CCN1CCC(OCCCN)CC1. The number of nitrogens with two attached hydrogens (primary N) is 1. The highest BCUT2D eigenvalue weighted by atomic mass is 16.5. The summed E-state index contributed by atoms with van der Waals surface area (Å²) in [4.78, 5) is 2.57. The van der Waals surface area contributed by atoms with E-state index in [4.69, 9.17) is 10.5 Å². The summed E-state index contributed by atoms with van der Waals surface area (Å²) < 4.78 is 5.79. The fourth-order valence-electron chi connectivity index (χ4n) is 2.07. The third kappa shape index (κ3) is 5.83. The lowest BCUT2D eigenvalue weighted by molar-refractivity contribution is 0.00658. The van der Waals surface area contributed by atoms with Crippen molar-refractivity contribution in [3.8, 4) is 0 Å². The first-order valence-electron chi connectivity index (χ1n) is 6.76. The van der Waals surface area contributed by atoms with E-state index in [-0.39, 0.29) is 0 Å². The van der Waals surface area contributed by atoms with Gasteiger partial charge >= 0.3 is 0 Å². The number of likely N-dealkylation sites (tertiary alicyclic amines) is 1. The second-order valence-electron chi connectivity index (χ2n) is 5.24. The highest BCUT2D eigenvalue weighted by Gasteiger charge is 2.19. The van der Waals surface area contributed by atoms with E-state index in [2.05, 4.69) is 18.7 Å². The molecule has 1 fully saturated rings. The van der Waals surface area contributed by atoms with Crippen LogP contribution >= 0.6 is 0 Å². The molecule has 1 aliphatic rings. The van der Waals surface area contributed by atoms with Crippen LogP contribution in [0.5, 0.6) is 0 Å². The Morgan fingerprint density at radius 2 is 2.00 bits per heavy atom. The summed E-state index contributed by atoms with van der Waals surface area (Å²) in [7, 11) is 0. The Kier molecular flexibility index (Phi) is 7.01. The second kappa shape index (κ2) is 8.04. The van der Waals surface area contributed by atoms with Crippen LogP contribution in [-0.4, -0.2) is 43.8 Å². The maximum absolute atomic E-state index is 5.79. The van der Waals surface area contributed by atoms with Gasteiger partial charge in [0, 0.05) is 19.7 Å². The third-order valence-corrected chi connectivity index (χ3v) is 3.26. The third-order valence-electron chi connectivity index (χ3n) is 3.26. The van der Waals surface area contributed by atoms with E-state index in [0.29, 0.717) is 6.10 Å². The molecule has 3 nitrogen and oxygen atoms in total. The number of rotatable bonds is 7. The predicted molar refractivity (Wildman–Crippen MR) is 68.5 cm³/mol. The van der Waals surface area contributed by atoms with Crippen LogP contribution in [0, 0.1) is 5.92 Å². The van der Waals surface area contributed by atoms with E-state index in [1.54, 1.807) is 0 Å². The summed E-state index contributed by atoms with van der Waals surface area (Å²) in [5.74, 6) is 0.818. The molecule has 0 aromatic rings. The molecule has 0 bridgehead atoms. The van der Waals surface area contributed by atoms with Crippen LogP contribution in [0.2, 0.25) is 0 Å². The average molecular weight is 228 g/mol. The van der Waals surface area contributed by atoms with Gasteiger partial charge in [-0.05, 0) is 44.7 Å². The molecule has 1 saturated heterocycles. The molecule has 1 heterocycles. The van der Waals surface area contributed by atoms with Crippen molar-refractivity contribution in [1.82, 2.24) is 4.90 Å².